The van der Waals surface area contributed by atoms with Crippen molar-refractivity contribution in [2.75, 3.05) is 13.6 Å². The Labute approximate surface area is 107 Å². The van der Waals surface area contributed by atoms with E-state index in [0.717, 1.165) is 19.4 Å². The van der Waals surface area contributed by atoms with Crippen molar-refractivity contribution in [2.24, 2.45) is 5.92 Å². The SMILES string of the molecule is CC1CC(NC2CCCCC2C(F)(F)F)CN1C. The molecule has 0 aromatic heterocycles. The second-order valence-corrected chi connectivity index (χ2v) is 5.93. The van der Waals surface area contributed by atoms with E-state index in [1.54, 1.807) is 0 Å². The minimum atomic E-state index is -4.05. The summed E-state index contributed by atoms with van der Waals surface area (Å²) >= 11 is 0. The summed E-state index contributed by atoms with van der Waals surface area (Å²) in [7, 11) is 2.04. The lowest BCUT2D eigenvalue weighted by atomic mass is 9.83. The lowest BCUT2D eigenvalue weighted by molar-refractivity contribution is -0.189. The normalized spacial score (nSPS) is 39.2. The quantitative estimate of drug-likeness (QED) is 0.825. The average Bonchev–Trinajstić information content (AvgIpc) is 2.57. The highest BCUT2D eigenvalue weighted by Crippen LogP contribution is 2.38. The molecule has 1 saturated heterocycles. The fourth-order valence-electron chi connectivity index (χ4n) is 3.34. The fourth-order valence-corrected chi connectivity index (χ4v) is 3.34. The third-order valence-corrected chi connectivity index (χ3v) is 4.52. The monoisotopic (exact) mass is 264 g/mol. The van der Waals surface area contributed by atoms with Crippen LogP contribution in [0.4, 0.5) is 13.2 Å². The van der Waals surface area contributed by atoms with E-state index in [2.05, 4.69) is 17.1 Å². The van der Waals surface area contributed by atoms with Gasteiger partial charge >= 0.3 is 6.18 Å². The molecule has 2 aliphatic rings. The average molecular weight is 264 g/mol. The second-order valence-electron chi connectivity index (χ2n) is 5.93. The van der Waals surface area contributed by atoms with Crippen LogP contribution in [0.1, 0.15) is 39.0 Å². The molecular weight excluding hydrogens is 241 g/mol. The molecule has 0 spiro atoms. The molecule has 0 aromatic rings. The summed E-state index contributed by atoms with van der Waals surface area (Å²) in [6.07, 6.45) is -0.504. The Kier molecular flexibility index (Phi) is 4.22. The molecule has 0 amide bonds. The van der Waals surface area contributed by atoms with Gasteiger partial charge in [0, 0.05) is 24.7 Å². The van der Waals surface area contributed by atoms with Crippen molar-refractivity contribution in [1.82, 2.24) is 10.2 Å². The summed E-state index contributed by atoms with van der Waals surface area (Å²) in [4.78, 5) is 2.21. The zero-order valence-electron chi connectivity index (χ0n) is 11.1. The molecule has 2 rings (SSSR count). The van der Waals surface area contributed by atoms with Crippen LogP contribution in [0.25, 0.3) is 0 Å². The summed E-state index contributed by atoms with van der Waals surface area (Å²) in [6, 6.07) is 0.316. The molecule has 18 heavy (non-hydrogen) atoms. The van der Waals surface area contributed by atoms with Crippen LogP contribution in [0.3, 0.4) is 0 Å². The van der Waals surface area contributed by atoms with Crippen LogP contribution in [-0.4, -0.2) is 42.8 Å². The van der Waals surface area contributed by atoms with Gasteiger partial charge in [-0.15, -0.1) is 0 Å². The fraction of sp³-hybridized carbons (Fsp3) is 1.00. The van der Waals surface area contributed by atoms with E-state index < -0.39 is 12.1 Å². The topological polar surface area (TPSA) is 15.3 Å². The van der Waals surface area contributed by atoms with Gasteiger partial charge in [-0.3, -0.25) is 0 Å². The molecular formula is C13H23F3N2. The van der Waals surface area contributed by atoms with E-state index in [-0.39, 0.29) is 12.1 Å². The molecule has 106 valence electrons. The Balaban J connectivity index is 1.94. The highest BCUT2D eigenvalue weighted by molar-refractivity contribution is 4.92. The van der Waals surface area contributed by atoms with Gasteiger partial charge in [-0.25, -0.2) is 0 Å². The molecule has 1 N–H and O–H groups in total. The molecule has 2 fully saturated rings. The number of rotatable bonds is 2. The van der Waals surface area contributed by atoms with E-state index >= 15 is 0 Å². The summed E-state index contributed by atoms with van der Waals surface area (Å²) in [5.74, 6) is -1.15. The molecule has 1 saturated carbocycles. The number of likely N-dealkylation sites (N-methyl/N-ethyl adjacent to an activating group) is 1. The van der Waals surface area contributed by atoms with Crippen LogP contribution in [0, 0.1) is 5.92 Å². The van der Waals surface area contributed by atoms with Crippen molar-refractivity contribution in [1.29, 1.82) is 0 Å². The Morgan fingerprint density at radius 1 is 1.17 bits per heavy atom. The maximum atomic E-state index is 13.0. The summed E-state index contributed by atoms with van der Waals surface area (Å²) < 4.78 is 38.9. The largest absolute Gasteiger partial charge is 0.393 e. The molecule has 4 atom stereocenters. The lowest BCUT2D eigenvalue weighted by Gasteiger charge is -2.35. The first-order valence-electron chi connectivity index (χ1n) is 6.91. The molecule has 1 aliphatic carbocycles. The standard InChI is InChI=1S/C13H23F3N2/c1-9-7-10(8-18(9)2)17-12-6-4-3-5-11(12)13(14,15)16/h9-12,17H,3-8H2,1-2H3. The maximum Gasteiger partial charge on any atom is 0.393 e. The number of hydrogen-bond donors (Lipinski definition) is 1. The molecule has 0 radical (unpaired) electrons. The Bertz CT molecular complexity index is 270. The smallest absolute Gasteiger partial charge is 0.309 e. The Hall–Kier alpha value is -0.290. The highest BCUT2D eigenvalue weighted by atomic mass is 19.4. The van der Waals surface area contributed by atoms with E-state index in [1.165, 1.54) is 0 Å². The second kappa shape index (κ2) is 5.37. The van der Waals surface area contributed by atoms with Gasteiger partial charge in [0.2, 0.25) is 0 Å². The first kappa shape index (κ1) is 14.1. The zero-order chi connectivity index (χ0) is 13.3. The Morgan fingerprint density at radius 3 is 2.39 bits per heavy atom. The summed E-state index contributed by atoms with van der Waals surface area (Å²) in [6.45, 7) is 2.99. The van der Waals surface area contributed by atoms with Crippen LogP contribution >= 0.6 is 0 Å². The Morgan fingerprint density at radius 2 is 1.83 bits per heavy atom. The van der Waals surface area contributed by atoms with E-state index in [9.17, 15) is 13.2 Å². The summed E-state index contributed by atoms with van der Waals surface area (Å²) in [5.41, 5.74) is 0. The first-order valence-corrected chi connectivity index (χ1v) is 6.91. The van der Waals surface area contributed by atoms with Crippen LogP contribution < -0.4 is 5.32 Å². The number of alkyl halides is 3. The van der Waals surface area contributed by atoms with Gasteiger partial charge in [-0.1, -0.05) is 12.8 Å². The minimum absolute atomic E-state index is 0.220. The van der Waals surface area contributed by atoms with E-state index in [0.29, 0.717) is 25.3 Å². The van der Waals surface area contributed by atoms with Gasteiger partial charge in [0.05, 0.1) is 5.92 Å². The predicted molar refractivity (Wildman–Crippen MR) is 65.4 cm³/mol. The molecule has 5 heteroatoms. The van der Waals surface area contributed by atoms with Crippen molar-refractivity contribution in [2.45, 2.75) is 63.3 Å². The number of nitrogens with zero attached hydrogens (tertiary/aromatic N) is 1. The van der Waals surface area contributed by atoms with Gasteiger partial charge in [-0.05, 0) is 33.2 Å². The molecule has 2 nitrogen and oxygen atoms in total. The number of nitrogens with one attached hydrogen (secondary N) is 1. The van der Waals surface area contributed by atoms with Crippen molar-refractivity contribution < 1.29 is 13.2 Å². The molecule has 0 bridgehead atoms. The highest BCUT2D eigenvalue weighted by Gasteiger charge is 2.46. The van der Waals surface area contributed by atoms with Crippen LogP contribution in [0.2, 0.25) is 0 Å². The predicted octanol–water partition coefficient (Wildman–Crippen LogP) is 2.79. The van der Waals surface area contributed by atoms with Gasteiger partial charge in [0.25, 0.3) is 0 Å². The van der Waals surface area contributed by atoms with Crippen LogP contribution in [-0.2, 0) is 0 Å². The molecule has 4 unspecified atom stereocenters. The minimum Gasteiger partial charge on any atom is -0.309 e. The molecule has 1 heterocycles. The van der Waals surface area contributed by atoms with Gasteiger partial charge in [0.1, 0.15) is 0 Å². The number of hydrogen-bond acceptors (Lipinski definition) is 2. The first-order chi connectivity index (χ1) is 8.38. The van der Waals surface area contributed by atoms with E-state index in [1.807, 2.05) is 7.05 Å². The number of likely N-dealkylation sites (tertiary alicyclic amines) is 1. The van der Waals surface area contributed by atoms with Crippen molar-refractivity contribution in [3.05, 3.63) is 0 Å². The van der Waals surface area contributed by atoms with Gasteiger partial charge in [-0.2, -0.15) is 13.2 Å². The van der Waals surface area contributed by atoms with E-state index in [4.69, 9.17) is 0 Å². The third kappa shape index (κ3) is 3.18. The number of halogens is 3. The van der Waals surface area contributed by atoms with Gasteiger partial charge in [0.15, 0.2) is 0 Å². The van der Waals surface area contributed by atoms with Gasteiger partial charge < -0.3 is 10.2 Å². The van der Waals surface area contributed by atoms with Crippen LogP contribution in [0.5, 0.6) is 0 Å². The zero-order valence-corrected chi connectivity index (χ0v) is 11.1. The van der Waals surface area contributed by atoms with Crippen molar-refractivity contribution >= 4 is 0 Å². The van der Waals surface area contributed by atoms with Crippen LogP contribution in [0.15, 0.2) is 0 Å². The lowest BCUT2D eigenvalue weighted by Crippen LogP contribution is -2.49. The van der Waals surface area contributed by atoms with Crippen molar-refractivity contribution in [3.63, 3.8) is 0 Å². The summed E-state index contributed by atoms with van der Waals surface area (Å²) in [5, 5.41) is 3.27. The molecule has 0 aromatic carbocycles. The molecule has 1 aliphatic heterocycles. The van der Waals surface area contributed by atoms with Crippen molar-refractivity contribution in [3.8, 4) is 0 Å². The third-order valence-electron chi connectivity index (χ3n) is 4.52. The maximum absolute atomic E-state index is 13.0.